The maximum Gasteiger partial charge on any atom is 0.348 e. The van der Waals surface area contributed by atoms with E-state index in [1.54, 1.807) is 6.07 Å². The van der Waals surface area contributed by atoms with Crippen LogP contribution in [-0.4, -0.2) is 17.0 Å². The number of rotatable bonds is 7. The Morgan fingerprint density at radius 1 is 1.04 bits per heavy atom. The predicted octanol–water partition coefficient (Wildman–Crippen LogP) is 5.38. The van der Waals surface area contributed by atoms with E-state index in [9.17, 15) is 14.7 Å². The van der Waals surface area contributed by atoms with E-state index >= 15 is 0 Å². The molecule has 1 heterocycles. The molecule has 0 bridgehead atoms. The van der Waals surface area contributed by atoms with E-state index < -0.39 is 5.97 Å². The number of carbonyl (C=O) groups excluding carboxylic acids is 1. The lowest BCUT2D eigenvalue weighted by Gasteiger charge is -2.05. The van der Waals surface area contributed by atoms with Crippen LogP contribution in [0.3, 0.4) is 0 Å². The van der Waals surface area contributed by atoms with Gasteiger partial charge in [-0.1, -0.05) is 60.2 Å². The Kier molecular flexibility index (Phi) is 6.04. The fourth-order valence-corrected chi connectivity index (χ4v) is 3.77. The van der Waals surface area contributed by atoms with Gasteiger partial charge in [0, 0.05) is 11.3 Å². The smallest absolute Gasteiger partial charge is 0.348 e. The minimum absolute atomic E-state index is 0.153. The summed E-state index contributed by atoms with van der Waals surface area (Å²) in [4.78, 5) is 24.8. The van der Waals surface area contributed by atoms with Crippen molar-refractivity contribution in [3.63, 3.8) is 0 Å². The molecule has 0 fully saturated rings. The molecule has 3 aromatic rings. The van der Waals surface area contributed by atoms with Crippen molar-refractivity contribution in [2.45, 2.75) is 26.2 Å². The highest BCUT2D eigenvalue weighted by Gasteiger charge is 2.18. The zero-order valence-corrected chi connectivity index (χ0v) is 15.9. The van der Waals surface area contributed by atoms with Crippen molar-refractivity contribution >= 4 is 28.9 Å². The molecule has 0 radical (unpaired) electrons. The number of carboxylic acid groups (broad SMARTS) is 1. The Balaban J connectivity index is 1.63. The van der Waals surface area contributed by atoms with Crippen LogP contribution in [0.25, 0.3) is 10.4 Å². The first-order valence-corrected chi connectivity index (χ1v) is 9.62. The largest absolute Gasteiger partial charge is 0.477 e. The first-order chi connectivity index (χ1) is 13.0. The molecule has 0 aliphatic rings. The molecule has 0 saturated heterocycles. The molecule has 1 aromatic heterocycles. The number of anilines is 1. The standard InChI is InChI=1S/C22H21NO3S/c1-15-10-12-16(13-11-15)6-5-9-20(24)23-18-14-19(27-21(18)22(25)26)17-7-3-2-4-8-17/h2-4,7-8,10-14H,5-6,9H2,1H3,(H,23,24)(H,25,26). The van der Waals surface area contributed by atoms with Gasteiger partial charge in [-0.3, -0.25) is 4.79 Å². The van der Waals surface area contributed by atoms with Crippen LogP contribution < -0.4 is 5.32 Å². The number of carboxylic acids is 1. The van der Waals surface area contributed by atoms with Crippen molar-refractivity contribution < 1.29 is 14.7 Å². The van der Waals surface area contributed by atoms with Gasteiger partial charge in [-0.15, -0.1) is 11.3 Å². The molecule has 4 nitrogen and oxygen atoms in total. The Labute approximate surface area is 162 Å². The number of aryl methyl sites for hydroxylation is 2. The third-order valence-corrected chi connectivity index (χ3v) is 5.42. The molecule has 138 valence electrons. The van der Waals surface area contributed by atoms with Crippen LogP contribution in [0.2, 0.25) is 0 Å². The number of hydrogen-bond donors (Lipinski definition) is 2. The van der Waals surface area contributed by atoms with Gasteiger partial charge >= 0.3 is 5.97 Å². The molecule has 0 atom stereocenters. The average Bonchev–Trinajstić information content (AvgIpc) is 3.08. The predicted molar refractivity (Wildman–Crippen MR) is 109 cm³/mol. The lowest BCUT2D eigenvalue weighted by Crippen LogP contribution is -2.13. The molecular formula is C22H21NO3S. The number of nitrogens with one attached hydrogen (secondary N) is 1. The van der Waals surface area contributed by atoms with Crippen molar-refractivity contribution in [3.8, 4) is 10.4 Å². The van der Waals surface area contributed by atoms with Crippen LogP contribution in [-0.2, 0) is 11.2 Å². The molecule has 2 aromatic carbocycles. The summed E-state index contributed by atoms with van der Waals surface area (Å²) < 4.78 is 0. The van der Waals surface area contributed by atoms with Gasteiger partial charge < -0.3 is 10.4 Å². The molecule has 0 saturated carbocycles. The first kappa shape index (κ1) is 18.9. The molecule has 5 heteroatoms. The lowest BCUT2D eigenvalue weighted by molar-refractivity contribution is -0.116. The highest BCUT2D eigenvalue weighted by molar-refractivity contribution is 7.18. The van der Waals surface area contributed by atoms with Gasteiger partial charge in [0.15, 0.2) is 0 Å². The number of carbonyl (C=O) groups is 2. The Morgan fingerprint density at radius 2 is 1.74 bits per heavy atom. The van der Waals surface area contributed by atoms with E-state index in [0.717, 1.165) is 16.9 Å². The van der Waals surface area contributed by atoms with Gasteiger partial charge in [0.1, 0.15) is 4.88 Å². The summed E-state index contributed by atoms with van der Waals surface area (Å²) in [5.41, 5.74) is 3.71. The molecular weight excluding hydrogens is 358 g/mol. The first-order valence-electron chi connectivity index (χ1n) is 8.81. The number of aromatic carboxylic acids is 1. The minimum Gasteiger partial charge on any atom is -0.477 e. The number of amides is 1. The van der Waals surface area contributed by atoms with Crippen LogP contribution in [0.1, 0.15) is 33.6 Å². The van der Waals surface area contributed by atoms with Crippen LogP contribution in [0.5, 0.6) is 0 Å². The number of benzene rings is 2. The quantitative estimate of drug-likeness (QED) is 0.579. The molecule has 0 aliphatic heterocycles. The third kappa shape index (κ3) is 5.05. The third-order valence-electron chi connectivity index (χ3n) is 4.25. The topological polar surface area (TPSA) is 66.4 Å². The second-order valence-corrected chi connectivity index (χ2v) is 7.46. The fourth-order valence-electron chi connectivity index (χ4n) is 2.81. The van der Waals surface area contributed by atoms with Crippen LogP contribution in [0.15, 0.2) is 60.7 Å². The number of hydrogen-bond acceptors (Lipinski definition) is 3. The monoisotopic (exact) mass is 379 g/mol. The Hall–Kier alpha value is -2.92. The second kappa shape index (κ2) is 8.64. The zero-order chi connectivity index (χ0) is 19.2. The van der Waals surface area contributed by atoms with Crippen molar-refractivity contribution in [1.29, 1.82) is 0 Å². The summed E-state index contributed by atoms with van der Waals surface area (Å²) in [6.45, 7) is 2.04. The van der Waals surface area contributed by atoms with Gasteiger partial charge in [-0.05, 0) is 37.0 Å². The van der Waals surface area contributed by atoms with E-state index in [4.69, 9.17) is 0 Å². The van der Waals surface area contributed by atoms with Gasteiger partial charge in [0.25, 0.3) is 0 Å². The Morgan fingerprint density at radius 3 is 2.41 bits per heavy atom. The van der Waals surface area contributed by atoms with Gasteiger partial charge in [-0.2, -0.15) is 0 Å². The highest BCUT2D eigenvalue weighted by Crippen LogP contribution is 2.34. The molecule has 1 amide bonds. The molecule has 0 aliphatic carbocycles. The zero-order valence-electron chi connectivity index (χ0n) is 15.1. The van der Waals surface area contributed by atoms with Gasteiger partial charge in [0.05, 0.1) is 5.69 Å². The van der Waals surface area contributed by atoms with E-state index in [1.165, 1.54) is 22.5 Å². The molecule has 3 rings (SSSR count). The summed E-state index contributed by atoms with van der Waals surface area (Å²) in [5.74, 6) is -1.20. The van der Waals surface area contributed by atoms with E-state index in [1.807, 2.05) is 37.3 Å². The van der Waals surface area contributed by atoms with Gasteiger partial charge in [-0.25, -0.2) is 4.79 Å². The summed E-state index contributed by atoms with van der Waals surface area (Å²) in [6.07, 6.45) is 1.88. The van der Waals surface area contributed by atoms with E-state index in [2.05, 4.69) is 29.6 Å². The van der Waals surface area contributed by atoms with Crippen LogP contribution >= 0.6 is 11.3 Å². The summed E-state index contributed by atoms with van der Waals surface area (Å²) in [7, 11) is 0. The molecule has 27 heavy (non-hydrogen) atoms. The summed E-state index contributed by atoms with van der Waals surface area (Å²) in [5, 5.41) is 12.2. The number of thiophene rings is 1. The maximum absolute atomic E-state index is 12.3. The maximum atomic E-state index is 12.3. The summed E-state index contributed by atoms with van der Waals surface area (Å²) >= 11 is 1.17. The fraction of sp³-hybridized carbons (Fsp3) is 0.182. The lowest BCUT2D eigenvalue weighted by atomic mass is 10.1. The van der Waals surface area contributed by atoms with Crippen LogP contribution in [0.4, 0.5) is 5.69 Å². The van der Waals surface area contributed by atoms with Crippen LogP contribution in [0, 0.1) is 6.92 Å². The molecule has 0 unspecified atom stereocenters. The van der Waals surface area contributed by atoms with Crippen molar-refractivity contribution in [2.24, 2.45) is 0 Å². The normalized spacial score (nSPS) is 10.6. The Bertz CT molecular complexity index is 930. The minimum atomic E-state index is -1.03. The van der Waals surface area contributed by atoms with E-state index in [0.29, 0.717) is 18.5 Å². The highest BCUT2D eigenvalue weighted by atomic mass is 32.1. The van der Waals surface area contributed by atoms with Crippen molar-refractivity contribution in [2.75, 3.05) is 5.32 Å². The van der Waals surface area contributed by atoms with Crippen molar-refractivity contribution in [1.82, 2.24) is 0 Å². The molecule has 2 N–H and O–H groups in total. The van der Waals surface area contributed by atoms with Crippen molar-refractivity contribution in [3.05, 3.63) is 76.7 Å². The van der Waals surface area contributed by atoms with Gasteiger partial charge in [0.2, 0.25) is 5.91 Å². The molecule has 0 spiro atoms. The summed E-state index contributed by atoms with van der Waals surface area (Å²) in [6, 6.07) is 19.6. The van der Waals surface area contributed by atoms with E-state index in [-0.39, 0.29) is 10.8 Å². The second-order valence-electron chi connectivity index (χ2n) is 6.41. The SMILES string of the molecule is Cc1ccc(CCCC(=O)Nc2cc(-c3ccccc3)sc2C(=O)O)cc1. The average molecular weight is 379 g/mol.